The lowest BCUT2D eigenvalue weighted by Crippen LogP contribution is -2.10. The molecule has 0 bridgehead atoms. The van der Waals surface area contributed by atoms with Crippen molar-refractivity contribution in [3.8, 4) is 28.9 Å². The second-order valence-corrected chi connectivity index (χ2v) is 10.4. The smallest absolute Gasteiger partial charge is 0.312 e. The molecule has 42 heavy (non-hydrogen) atoms. The van der Waals surface area contributed by atoms with E-state index in [0.29, 0.717) is 29.7 Å². The first-order valence-corrected chi connectivity index (χ1v) is 14.3. The molecule has 0 atom stereocenters. The molecule has 0 spiro atoms. The second-order valence-electron chi connectivity index (χ2n) is 9.07. The predicted molar refractivity (Wildman–Crippen MR) is 156 cm³/mol. The van der Waals surface area contributed by atoms with Crippen molar-refractivity contribution in [3.05, 3.63) is 83.8 Å². The number of aromatic nitrogens is 3. The largest absolute Gasteiger partial charge is 0.497 e. The van der Waals surface area contributed by atoms with Crippen LogP contribution in [-0.4, -0.2) is 60.5 Å². The molecule has 2 aromatic heterocycles. The fourth-order valence-corrected chi connectivity index (χ4v) is 4.00. The molecule has 2 heterocycles. The molecule has 0 amide bonds. The van der Waals surface area contributed by atoms with Crippen molar-refractivity contribution >= 4 is 15.9 Å². The Morgan fingerprint density at radius 2 is 1.69 bits per heavy atom. The van der Waals surface area contributed by atoms with E-state index >= 15 is 0 Å². The Hall–Kier alpha value is -4.46. The van der Waals surface area contributed by atoms with Crippen LogP contribution in [0.1, 0.15) is 36.7 Å². The first-order valence-electron chi connectivity index (χ1n) is 12.8. The van der Waals surface area contributed by atoms with Gasteiger partial charge in [0, 0.05) is 12.6 Å². The molecule has 4 N–H and O–H groups in total. The molecule has 12 nitrogen and oxygen atoms in total. The maximum absolute atomic E-state index is 10.6. The lowest BCUT2D eigenvalue weighted by Gasteiger charge is -2.15. The number of anilines is 1. The zero-order valence-electron chi connectivity index (χ0n) is 23.7. The number of benzene rings is 2. The number of nitrogens with two attached hydrogens (primary N) is 1. The van der Waals surface area contributed by atoms with Crippen LogP contribution in [0, 0.1) is 0 Å². The van der Waals surface area contributed by atoms with Gasteiger partial charge in [-0.25, -0.2) is 9.97 Å². The van der Waals surface area contributed by atoms with E-state index in [0.717, 1.165) is 16.9 Å². The molecular formula is C29H34N4O8S. The van der Waals surface area contributed by atoms with Crippen molar-refractivity contribution in [2.75, 3.05) is 33.2 Å². The van der Waals surface area contributed by atoms with Crippen LogP contribution in [0.15, 0.2) is 71.9 Å². The fraction of sp³-hybridized carbons (Fsp3) is 0.276. The Morgan fingerprint density at radius 3 is 2.29 bits per heavy atom. The van der Waals surface area contributed by atoms with Crippen molar-refractivity contribution in [2.24, 2.45) is 0 Å². The molecule has 0 unspecified atom stereocenters. The molecule has 4 rings (SSSR count). The Bertz CT molecular complexity index is 1560. The summed E-state index contributed by atoms with van der Waals surface area (Å²) in [5.41, 5.74) is 8.05. The molecule has 0 saturated heterocycles. The molecule has 224 valence electrons. The molecule has 13 heteroatoms. The minimum Gasteiger partial charge on any atom is -0.497 e. The van der Waals surface area contributed by atoms with E-state index in [4.69, 9.17) is 34.3 Å². The van der Waals surface area contributed by atoms with Gasteiger partial charge in [-0.2, -0.15) is 13.4 Å². The lowest BCUT2D eigenvalue weighted by molar-refractivity contribution is 0.192. The predicted octanol–water partition coefficient (Wildman–Crippen LogP) is 4.28. The summed E-state index contributed by atoms with van der Waals surface area (Å²) in [4.78, 5) is 12.4. The van der Waals surface area contributed by atoms with Gasteiger partial charge in [0.2, 0.25) is 5.75 Å². The van der Waals surface area contributed by atoms with Crippen LogP contribution in [0.2, 0.25) is 0 Å². The molecule has 0 radical (unpaired) electrons. The van der Waals surface area contributed by atoms with Gasteiger partial charge in [0.05, 0.1) is 20.8 Å². The Morgan fingerprint density at radius 1 is 0.952 bits per heavy atom. The second kappa shape index (κ2) is 15.0. The molecule has 0 aliphatic heterocycles. The molecule has 0 fully saturated rings. The third-order valence-electron chi connectivity index (χ3n) is 5.70. The van der Waals surface area contributed by atoms with Crippen LogP contribution in [-0.2, 0) is 16.5 Å². The van der Waals surface area contributed by atoms with Gasteiger partial charge in [-0.05, 0) is 47.4 Å². The molecule has 0 saturated carbocycles. The Balaban J connectivity index is 0.000000312. The highest BCUT2D eigenvalue weighted by Crippen LogP contribution is 2.38. The summed E-state index contributed by atoms with van der Waals surface area (Å²) >= 11 is 0. The quantitative estimate of drug-likeness (QED) is 0.209. The number of methoxy groups -OCH3 is 2. The SMILES string of the molecule is CC(C)c1ccc(S(=O)(=O)O)nc1.COc1cccc(Cc2nc(N)c(Oc3ccccc3OC)c(OCCO)n2)c1. The minimum absolute atomic E-state index is 0.0390. The number of aliphatic hydroxyl groups excluding tert-OH is 1. The molecule has 4 aromatic rings. The fourth-order valence-electron chi connectivity index (χ4n) is 3.57. The van der Waals surface area contributed by atoms with Crippen molar-refractivity contribution in [2.45, 2.75) is 31.2 Å². The number of pyridine rings is 1. The maximum atomic E-state index is 10.6. The minimum atomic E-state index is -4.16. The van der Waals surface area contributed by atoms with E-state index in [9.17, 15) is 8.42 Å². The van der Waals surface area contributed by atoms with Crippen molar-refractivity contribution in [1.82, 2.24) is 15.0 Å². The molecule has 0 aliphatic rings. The summed E-state index contributed by atoms with van der Waals surface area (Å²) in [6.45, 7) is 3.81. The molecule has 2 aromatic carbocycles. The number of ether oxygens (including phenoxy) is 4. The van der Waals surface area contributed by atoms with Crippen LogP contribution in [0.4, 0.5) is 5.82 Å². The van der Waals surface area contributed by atoms with Gasteiger partial charge in [0.25, 0.3) is 5.88 Å². The Labute approximate surface area is 244 Å². The van der Waals surface area contributed by atoms with E-state index in [1.54, 1.807) is 38.5 Å². The summed E-state index contributed by atoms with van der Waals surface area (Å²) in [5, 5.41) is 8.84. The summed E-state index contributed by atoms with van der Waals surface area (Å²) in [6.07, 6.45) is 1.87. The van der Waals surface area contributed by atoms with Gasteiger partial charge in [-0.15, -0.1) is 0 Å². The number of aliphatic hydroxyl groups is 1. The summed E-state index contributed by atoms with van der Waals surface area (Å²) in [7, 11) is -1.00. The van der Waals surface area contributed by atoms with Crippen LogP contribution in [0.25, 0.3) is 0 Å². The third-order valence-corrected chi connectivity index (χ3v) is 6.47. The number of hydrogen-bond acceptors (Lipinski definition) is 11. The third kappa shape index (κ3) is 9.03. The highest BCUT2D eigenvalue weighted by molar-refractivity contribution is 7.85. The number of nitrogen functional groups attached to an aromatic ring is 1. The van der Waals surface area contributed by atoms with Crippen LogP contribution in [0.3, 0.4) is 0 Å². The van der Waals surface area contributed by atoms with E-state index < -0.39 is 10.1 Å². The van der Waals surface area contributed by atoms with Crippen molar-refractivity contribution in [1.29, 1.82) is 0 Å². The molecular weight excluding hydrogens is 564 g/mol. The summed E-state index contributed by atoms with van der Waals surface area (Å²) in [5.74, 6) is 2.90. The van der Waals surface area contributed by atoms with Gasteiger partial charge in [0.1, 0.15) is 18.2 Å². The van der Waals surface area contributed by atoms with E-state index in [-0.39, 0.29) is 35.7 Å². The lowest BCUT2D eigenvalue weighted by atomic mass is 10.1. The highest BCUT2D eigenvalue weighted by atomic mass is 32.2. The van der Waals surface area contributed by atoms with Crippen LogP contribution < -0.4 is 24.7 Å². The van der Waals surface area contributed by atoms with Gasteiger partial charge in [0.15, 0.2) is 22.3 Å². The Kier molecular flexibility index (Phi) is 11.4. The zero-order chi connectivity index (χ0) is 30.7. The summed E-state index contributed by atoms with van der Waals surface area (Å²) < 4.78 is 51.9. The van der Waals surface area contributed by atoms with Crippen molar-refractivity contribution < 1.29 is 37.0 Å². The highest BCUT2D eigenvalue weighted by Gasteiger charge is 2.19. The number of para-hydroxylation sites is 2. The zero-order valence-corrected chi connectivity index (χ0v) is 24.5. The standard InChI is InChI=1S/C21H23N3O5.C8H11NO3S/c1-26-15-7-5-6-14(12-15)13-18-23-20(22)19(21(24-18)28-11-10-25)29-17-9-4-3-8-16(17)27-2;1-6(2)7-3-4-8(9-5-7)13(10,11)12/h3-9,12,25H,10-11,13H2,1-2H3,(H2,22,23,24);3-6H,1-2H3,(H,10,11,12). The van der Waals surface area contributed by atoms with Crippen LogP contribution >= 0.6 is 0 Å². The summed E-state index contributed by atoms with van der Waals surface area (Å²) in [6, 6.07) is 17.6. The number of nitrogens with zero attached hydrogens (tertiary/aromatic N) is 3. The van der Waals surface area contributed by atoms with E-state index in [2.05, 4.69) is 15.0 Å². The van der Waals surface area contributed by atoms with E-state index in [1.807, 2.05) is 44.2 Å². The van der Waals surface area contributed by atoms with Crippen molar-refractivity contribution in [3.63, 3.8) is 0 Å². The molecule has 0 aliphatic carbocycles. The van der Waals surface area contributed by atoms with Crippen LogP contribution in [0.5, 0.6) is 28.9 Å². The van der Waals surface area contributed by atoms with Gasteiger partial charge >= 0.3 is 10.1 Å². The normalized spacial score (nSPS) is 10.9. The monoisotopic (exact) mass is 598 g/mol. The van der Waals surface area contributed by atoms with Gasteiger partial charge in [-0.3, -0.25) is 4.55 Å². The average molecular weight is 599 g/mol. The number of rotatable bonds is 11. The maximum Gasteiger partial charge on any atom is 0.312 e. The van der Waals surface area contributed by atoms with Gasteiger partial charge < -0.3 is 29.8 Å². The number of hydrogen-bond donors (Lipinski definition) is 3. The van der Waals surface area contributed by atoms with E-state index in [1.165, 1.54) is 12.3 Å². The first-order chi connectivity index (χ1) is 20.0. The van der Waals surface area contributed by atoms with Gasteiger partial charge in [-0.1, -0.05) is 44.2 Å². The average Bonchev–Trinajstić information content (AvgIpc) is 2.97. The first kappa shape index (κ1) is 32.1. The topological polar surface area (TPSA) is 176 Å².